The van der Waals surface area contributed by atoms with Crippen LogP contribution in [0.1, 0.15) is 32.6 Å². The first-order chi connectivity index (χ1) is 12.2. The lowest BCUT2D eigenvalue weighted by atomic mass is 10.0. The fraction of sp³-hybridized carbons (Fsp3) is 0.0952. The molecule has 0 radical (unpaired) electrons. The zero-order valence-corrected chi connectivity index (χ0v) is 14.5. The summed E-state index contributed by atoms with van der Waals surface area (Å²) >= 11 is 1.63. The van der Waals surface area contributed by atoms with Crippen LogP contribution in [0.5, 0.6) is 0 Å². The molecule has 2 aromatic carbocycles. The molecule has 0 aliphatic carbocycles. The molecule has 2 heterocycles. The molecule has 4 heteroatoms. The van der Waals surface area contributed by atoms with Gasteiger partial charge in [-0.1, -0.05) is 54.6 Å². The molecule has 0 spiro atoms. The molecule has 3 nitrogen and oxygen atoms in total. The van der Waals surface area contributed by atoms with E-state index < -0.39 is 0 Å². The van der Waals surface area contributed by atoms with Gasteiger partial charge >= 0.3 is 0 Å². The highest BCUT2D eigenvalue weighted by Gasteiger charge is 2.23. The molecule has 2 aromatic heterocycles. The second-order valence-electron chi connectivity index (χ2n) is 5.88. The number of benzene rings is 2. The van der Waals surface area contributed by atoms with Crippen molar-refractivity contribution in [1.29, 1.82) is 0 Å². The number of rotatable bonds is 4. The quantitative estimate of drug-likeness (QED) is 0.543. The van der Waals surface area contributed by atoms with Gasteiger partial charge in [0, 0.05) is 15.8 Å². The number of nitrogens with one attached hydrogen (secondary N) is 1. The van der Waals surface area contributed by atoms with E-state index in [0.29, 0.717) is 5.76 Å². The van der Waals surface area contributed by atoms with Crippen LogP contribution in [0.4, 0.5) is 0 Å². The van der Waals surface area contributed by atoms with E-state index in [1.165, 1.54) is 0 Å². The molecule has 1 N–H and O–H groups in total. The maximum atomic E-state index is 12.9. The Hall–Kier alpha value is -2.85. The molecule has 0 saturated heterocycles. The number of fused-ring (bicyclic) bond motifs is 1. The Morgan fingerprint density at radius 1 is 1.00 bits per heavy atom. The number of thiophene rings is 1. The Bertz CT molecular complexity index is 1000. The monoisotopic (exact) mass is 347 g/mol. The lowest BCUT2D eigenvalue weighted by Crippen LogP contribution is -2.28. The van der Waals surface area contributed by atoms with Crippen LogP contribution in [0.15, 0.2) is 76.5 Å². The molecule has 0 bridgehead atoms. The maximum Gasteiger partial charge on any atom is 0.288 e. The molecule has 0 aliphatic heterocycles. The van der Waals surface area contributed by atoms with E-state index in [-0.39, 0.29) is 11.9 Å². The fourth-order valence-corrected chi connectivity index (χ4v) is 3.81. The second-order valence-corrected chi connectivity index (χ2v) is 6.86. The Labute approximate surface area is 149 Å². The molecule has 0 saturated carbocycles. The molecular weight excluding hydrogens is 330 g/mol. The minimum Gasteiger partial charge on any atom is -0.451 e. The molecule has 1 amide bonds. The number of carbonyl (C=O) groups is 1. The summed E-state index contributed by atoms with van der Waals surface area (Å²) in [5, 5.41) is 6.12. The van der Waals surface area contributed by atoms with E-state index in [4.69, 9.17) is 4.42 Å². The van der Waals surface area contributed by atoms with Crippen LogP contribution in [-0.4, -0.2) is 5.91 Å². The molecule has 0 fully saturated rings. The summed E-state index contributed by atoms with van der Waals surface area (Å²) in [6.07, 6.45) is 0. The SMILES string of the molecule is Cc1c(C(=O)N[C@@H](c2ccccc2)c2cccs2)oc2ccccc12. The Balaban J connectivity index is 1.70. The number of hydrogen-bond acceptors (Lipinski definition) is 3. The van der Waals surface area contributed by atoms with Crippen LogP contribution < -0.4 is 5.32 Å². The van der Waals surface area contributed by atoms with Gasteiger partial charge in [-0.3, -0.25) is 4.79 Å². The Morgan fingerprint density at radius 3 is 2.48 bits per heavy atom. The van der Waals surface area contributed by atoms with Crippen LogP contribution in [0.25, 0.3) is 11.0 Å². The summed E-state index contributed by atoms with van der Waals surface area (Å²) in [6.45, 7) is 1.92. The smallest absolute Gasteiger partial charge is 0.288 e. The number of hydrogen-bond donors (Lipinski definition) is 1. The third-order valence-corrected chi connectivity index (χ3v) is 5.22. The number of amides is 1. The van der Waals surface area contributed by atoms with Gasteiger partial charge in [-0.15, -0.1) is 11.3 Å². The van der Waals surface area contributed by atoms with Gasteiger partial charge in [-0.05, 0) is 30.0 Å². The van der Waals surface area contributed by atoms with Gasteiger partial charge < -0.3 is 9.73 Å². The van der Waals surface area contributed by atoms with Crippen molar-refractivity contribution in [3.05, 3.63) is 93.9 Å². The minimum absolute atomic E-state index is 0.193. The van der Waals surface area contributed by atoms with Crippen LogP contribution in [-0.2, 0) is 0 Å². The summed E-state index contributed by atoms with van der Waals surface area (Å²) in [6, 6.07) is 21.5. The third-order valence-electron chi connectivity index (χ3n) is 4.29. The summed E-state index contributed by atoms with van der Waals surface area (Å²) in [5.41, 5.74) is 2.65. The van der Waals surface area contributed by atoms with Gasteiger partial charge in [0.25, 0.3) is 5.91 Å². The zero-order valence-electron chi connectivity index (χ0n) is 13.7. The Morgan fingerprint density at radius 2 is 1.76 bits per heavy atom. The van der Waals surface area contributed by atoms with Crippen molar-refractivity contribution >= 4 is 28.2 Å². The van der Waals surface area contributed by atoms with E-state index in [9.17, 15) is 4.79 Å². The van der Waals surface area contributed by atoms with Gasteiger partial charge in [-0.2, -0.15) is 0 Å². The minimum atomic E-state index is -0.198. The predicted octanol–water partition coefficient (Wildman–Crippen LogP) is 5.32. The average Bonchev–Trinajstić information content (AvgIpc) is 3.29. The topological polar surface area (TPSA) is 42.2 Å². The summed E-state index contributed by atoms with van der Waals surface area (Å²) in [5.74, 6) is 0.176. The maximum absolute atomic E-state index is 12.9. The first-order valence-electron chi connectivity index (χ1n) is 8.11. The predicted molar refractivity (Wildman–Crippen MR) is 101 cm³/mol. The fourth-order valence-electron chi connectivity index (χ4n) is 3.01. The first kappa shape index (κ1) is 15.7. The standard InChI is InChI=1S/C21H17NO2S/c1-14-16-10-5-6-11-17(16)24-20(14)21(23)22-19(18-12-7-13-25-18)15-8-3-2-4-9-15/h2-13,19H,1H3,(H,22,23)/t19-/m0/s1. The summed E-state index contributed by atoms with van der Waals surface area (Å²) in [7, 11) is 0. The number of carbonyl (C=O) groups excluding carboxylic acids is 1. The zero-order chi connectivity index (χ0) is 17.2. The van der Waals surface area contributed by atoms with E-state index in [2.05, 4.69) is 5.32 Å². The molecular formula is C21H17NO2S. The van der Waals surface area contributed by atoms with Gasteiger partial charge in [0.1, 0.15) is 5.58 Å². The summed E-state index contributed by atoms with van der Waals surface area (Å²) in [4.78, 5) is 14.0. The highest BCUT2D eigenvalue weighted by atomic mass is 32.1. The van der Waals surface area contributed by atoms with Crippen LogP contribution in [0.3, 0.4) is 0 Å². The molecule has 25 heavy (non-hydrogen) atoms. The molecule has 4 rings (SSSR count). The van der Waals surface area contributed by atoms with Crippen molar-refractivity contribution in [3.8, 4) is 0 Å². The highest BCUT2D eigenvalue weighted by Crippen LogP contribution is 2.29. The van der Waals surface area contributed by atoms with Crippen LogP contribution in [0.2, 0.25) is 0 Å². The molecule has 1 atom stereocenters. The molecule has 0 aliphatic rings. The third kappa shape index (κ3) is 2.96. The van der Waals surface area contributed by atoms with Crippen molar-refractivity contribution < 1.29 is 9.21 Å². The number of aryl methyl sites for hydroxylation is 1. The van der Waals surface area contributed by atoms with Gasteiger partial charge in [0.05, 0.1) is 6.04 Å². The van der Waals surface area contributed by atoms with E-state index >= 15 is 0 Å². The van der Waals surface area contributed by atoms with Crippen LogP contribution >= 0.6 is 11.3 Å². The average molecular weight is 347 g/mol. The normalized spacial score (nSPS) is 12.2. The van der Waals surface area contributed by atoms with Gasteiger partial charge in [0.2, 0.25) is 0 Å². The van der Waals surface area contributed by atoms with Crippen molar-refractivity contribution in [2.75, 3.05) is 0 Å². The van der Waals surface area contributed by atoms with E-state index in [1.54, 1.807) is 11.3 Å². The largest absolute Gasteiger partial charge is 0.451 e. The van der Waals surface area contributed by atoms with Crippen molar-refractivity contribution in [1.82, 2.24) is 5.32 Å². The summed E-state index contributed by atoms with van der Waals surface area (Å²) < 4.78 is 5.81. The van der Waals surface area contributed by atoms with Gasteiger partial charge in [-0.25, -0.2) is 0 Å². The molecule has 4 aromatic rings. The molecule has 124 valence electrons. The second kappa shape index (κ2) is 6.57. The highest BCUT2D eigenvalue weighted by molar-refractivity contribution is 7.10. The number of furan rings is 1. The lowest BCUT2D eigenvalue weighted by Gasteiger charge is -2.17. The van der Waals surface area contributed by atoms with Crippen molar-refractivity contribution in [2.24, 2.45) is 0 Å². The van der Waals surface area contributed by atoms with Crippen LogP contribution in [0, 0.1) is 6.92 Å². The number of para-hydroxylation sites is 1. The van der Waals surface area contributed by atoms with Crippen molar-refractivity contribution in [3.63, 3.8) is 0 Å². The van der Waals surface area contributed by atoms with E-state index in [0.717, 1.165) is 27.0 Å². The van der Waals surface area contributed by atoms with E-state index in [1.807, 2.05) is 79.0 Å². The van der Waals surface area contributed by atoms with Crippen molar-refractivity contribution in [2.45, 2.75) is 13.0 Å². The first-order valence-corrected chi connectivity index (χ1v) is 8.99. The molecule has 0 unspecified atom stereocenters. The van der Waals surface area contributed by atoms with Gasteiger partial charge in [0.15, 0.2) is 5.76 Å². The lowest BCUT2D eigenvalue weighted by molar-refractivity contribution is 0.0917. The Kier molecular flexibility index (Phi) is 4.12.